The fraction of sp³-hybridized carbons (Fsp3) is 1.00. The summed E-state index contributed by atoms with van der Waals surface area (Å²) in [4.78, 5) is 0. The SMILES string of the molecule is CNC1CCCCCCCCC(C)(C)CC1. The summed E-state index contributed by atoms with van der Waals surface area (Å²) in [5.74, 6) is 0. The molecule has 0 aromatic heterocycles. The van der Waals surface area contributed by atoms with E-state index in [9.17, 15) is 0 Å². The van der Waals surface area contributed by atoms with Gasteiger partial charge in [0.2, 0.25) is 0 Å². The van der Waals surface area contributed by atoms with E-state index < -0.39 is 0 Å². The predicted molar refractivity (Wildman–Crippen MR) is 72.8 cm³/mol. The summed E-state index contributed by atoms with van der Waals surface area (Å²) in [5, 5.41) is 3.49. The topological polar surface area (TPSA) is 12.0 Å². The third kappa shape index (κ3) is 5.89. The standard InChI is InChI=1S/C15H31N/c1-15(2)12-9-7-5-4-6-8-10-14(16-3)11-13-15/h14,16H,4-13H2,1-3H3. The van der Waals surface area contributed by atoms with E-state index in [1.165, 1.54) is 64.2 Å². The van der Waals surface area contributed by atoms with Gasteiger partial charge < -0.3 is 5.32 Å². The Morgan fingerprint density at radius 3 is 2.12 bits per heavy atom. The van der Waals surface area contributed by atoms with Gasteiger partial charge >= 0.3 is 0 Å². The zero-order chi connectivity index (χ0) is 11.9. The zero-order valence-corrected chi connectivity index (χ0v) is 11.6. The zero-order valence-electron chi connectivity index (χ0n) is 11.6. The summed E-state index contributed by atoms with van der Waals surface area (Å²) >= 11 is 0. The maximum Gasteiger partial charge on any atom is 0.00642 e. The van der Waals surface area contributed by atoms with Crippen LogP contribution in [0.5, 0.6) is 0 Å². The lowest BCUT2D eigenvalue weighted by atomic mass is 9.80. The lowest BCUT2D eigenvalue weighted by Crippen LogP contribution is -2.27. The van der Waals surface area contributed by atoms with Crippen LogP contribution in [0.1, 0.15) is 78.1 Å². The summed E-state index contributed by atoms with van der Waals surface area (Å²) < 4.78 is 0. The molecule has 1 unspecified atom stereocenters. The van der Waals surface area contributed by atoms with E-state index in [4.69, 9.17) is 0 Å². The second-order valence-electron chi connectivity index (χ2n) is 6.35. The van der Waals surface area contributed by atoms with Gasteiger partial charge in [0.1, 0.15) is 0 Å². The minimum Gasteiger partial charge on any atom is -0.317 e. The van der Waals surface area contributed by atoms with Gasteiger partial charge in [-0.25, -0.2) is 0 Å². The summed E-state index contributed by atoms with van der Waals surface area (Å²) in [6.07, 6.45) is 14.2. The van der Waals surface area contributed by atoms with Crippen molar-refractivity contribution in [1.29, 1.82) is 0 Å². The largest absolute Gasteiger partial charge is 0.317 e. The average Bonchev–Trinajstić information content (AvgIpc) is 2.24. The van der Waals surface area contributed by atoms with Crippen LogP contribution >= 0.6 is 0 Å². The summed E-state index contributed by atoms with van der Waals surface area (Å²) in [7, 11) is 2.13. The van der Waals surface area contributed by atoms with Gasteiger partial charge in [-0.05, 0) is 38.1 Å². The highest BCUT2D eigenvalue weighted by atomic mass is 14.9. The van der Waals surface area contributed by atoms with E-state index in [0.717, 1.165) is 6.04 Å². The Bertz CT molecular complexity index is 174. The molecule has 1 saturated carbocycles. The van der Waals surface area contributed by atoms with E-state index in [-0.39, 0.29) is 0 Å². The van der Waals surface area contributed by atoms with Gasteiger partial charge in [-0.2, -0.15) is 0 Å². The number of hydrogen-bond acceptors (Lipinski definition) is 1. The van der Waals surface area contributed by atoms with Gasteiger partial charge in [-0.1, -0.05) is 52.4 Å². The molecule has 1 aliphatic carbocycles. The van der Waals surface area contributed by atoms with Gasteiger partial charge in [-0.15, -0.1) is 0 Å². The van der Waals surface area contributed by atoms with Crippen molar-refractivity contribution in [2.24, 2.45) is 5.41 Å². The van der Waals surface area contributed by atoms with E-state index in [1.807, 2.05) is 0 Å². The number of rotatable bonds is 1. The fourth-order valence-electron chi connectivity index (χ4n) is 2.82. The first-order chi connectivity index (χ1) is 7.64. The molecule has 1 rings (SSSR count). The van der Waals surface area contributed by atoms with Crippen LogP contribution < -0.4 is 5.32 Å². The Balaban J connectivity index is 2.40. The normalized spacial score (nSPS) is 29.1. The second kappa shape index (κ2) is 7.32. The summed E-state index contributed by atoms with van der Waals surface area (Å²) in [6, 6.07) is 0.763. The van der Waals surface area contributed by atoms with Crippen LogP contribution in [0, 0.1) is 5.41 Å². The average molecular weight is 225 g/mol. The van der Waals surface area contributed by atoms with Crippen molar-refractivity contribution in [3.8, 4) is 0 Å². The number of hydrogen-bond donors (Lipinski definition) is 1. The molecular formula is C15H31N. The minimum atomic E-state index is 0.564. The summed E-state index contributed by atoms with van der Waals surface area (Å²) in [5.41, 5.74) is 0.564. The molecular weight excluding hydrogens is 194 g/mol. The van der Waals surface area contributed by atoms with Crippen molar-refractivity contribution < 1.29 is 0 Å². The van der Waals surface area contributed by atoms with E-state index in [0.29, 0.717) is 5.41 Å². The van der Waals surface area contributed by atoms with Crippen LogP contribution in [0.15, 0.2) is 0 Å². The van der Waals surface area contributed by atoms with Gasteiger partial charge in [0, 0.05) is 6.04 Å². The molecule has 0 spiro atoms. The Hall–Kier alpha value is -0.0400. The Morgan fingerprint density at radius 2 is 1.44 bits per heavy atom. The molecule has 0 heterocycles. The first-order valence-electron chi connectivity index (χ1n) is 7.31. The molecule has 16 heavy (non-hydrogen) atoms. The third-order valence-corrected chi connectivity index (χ3v) is 4.23. The predicted octanol–water partition coefficient (Wildman–Crippen LogP) is 4.52. The first-order valence-corrected chi connectivity index (χ1v) is 7.31. The molecule has 0 aliphatic heterocycles. The van der Waals surface area contributed by atoms with Crippen LogP contribution in [0.3, 0.4) is 0 Å². The van der Waals surface area contributed by atoms with Crippen molar-refractivity contribution in [2.75, 3.05) is 7.05 Å². The molecule has 96 valence electrons. The highest BCUT2D eigenvalue weighted by Gasteiger charge is 2.19. The Kier molecular flexibility index (Phi) is 6.41. The lowest BCUT2D eigenvalue weighted by Gasteiger charge is -2.28. The van der Waals surface area contributed by atoms with Gasteiger partial charge in [0.15, 0.2) is 0 Å². The monoisotopic (exact) mass is 225 g/mol. The van der Waals surface area contributed by atoms with E-state index in [2.05, 4.69) is 26.2 Å². The van der Waals surface area contributed by atoms with Gasteiger partial charge in [0.05, 0.1) is 0 Å². The molecule has 0 amide bonds. The molecule has 0 saturated heterocycles. The highest BCUT2D eigenvalue weighted by molar-refractivity contribution is 4.74. The second-order valence-corrected chi connectivity index (χ2v) is 6.35. The van der Waals surface area contributed by atoms with Crippen molar-refractivity contribution in [3.05, 3.63) is 0 Å². The quantitative estimate of drug-likeness (QED) is 0.692. The first kappa shape index (κ1) is 14.0. The highest BCUT2D eigenvalue weighted by Crippen LogP contribution is 2.31. The molecule has 0 aromatic rings. The molecule has 1 heteroatoms. The molecule has 1 aliphatic rings. The Labute approximate surface area is 102 Å². The van der Waals surface area contributed by atoms with Crippen molar-refractivity contribution in [3.63, 3.8) is 0 Å². The van der Waals surface area contributed by atoms with Crippen LogP contribution in [0.2, 0.25) is 0 Å². The maximum atomic E-state index is 3.49. The van der Waals surface area contributed by atoms with Crippen molar-refractivity contribution in [2.45, 2.75) is 84.1 Å². The van der Waals surface area contributed by atoms with E-state index in [1.54, 1.807) is 0 Å². The van der Waals surface area contributed by atoms with Crippen molar-refractivity contribution in [1.82, 2.24) is 5.32 Å². The van der Waals surface area contributed by atoms with Crippen LogP contribution in [0.25, 0.3) is 0 Å². The molecule has 1 N–H and O–H groups in total. The van der Waals surface area contributed by atoms with Gasteiger partial charge in [-0.3, -0.25) is 0 Å². The van der Waals surface area contributed by atoms with Gasteiger partial charge in [0.25, 0.3) is 0 Å². The molecule has 1 atom stereocenters. The molecule has 1 fully saturated rings. The summed E-state index contributed by atoms with van der Waals surface area (Å²) in [6.45, 7) is 4.90. The maximum absolute atomic E-state index is 3.49. The Morgan fingerprint density at radius 1 is 0.812 bits per heavy atom. The smallest absolute Gasteiger partial charge is 0.00642 e. The van der Waals surface area contributed by atoms with Crippen LogP contribution in [-0.2, 0) is 0 Å². The van der Waals surface area contributed by atoms with E-state index >= 15 is 0 Å². The third-order valence-electron chi connectivity index (χ3n) is 4.23. The molecule has 0 aromatic carbocycles. The molecule has 0 bridgehead atoms. The number of nitrogens with one attached hydrogen (secondary N) is 1. The molecule has 0 radical (unpaired) electrons. The molecule has 1 nitrogen and oxygen atoms in total. The van der Waals surface area contributed by atoms with Crippen LogP contribution in [-0.4, -0.2) is 13.1 Å². The fourth-order valence-corrected chi connectivity index (χ4v) is 2.82. The lowest BCUT2D eigenvalue weighted by molar-refractivity contribution is 0.263. The minimum absolute atomic E-state index is 0.564. The van der Waals surface area contributed by atoms with Crippen LogP contribution in [0.4, 0.5) is 0 Å². The van der Waals surface area contributed by atoms with Crippen molar-refractivity contribution >= 4 is 0 Å².